The molecule has 0 unspecified atom stereocenters. The minimum Gasteiger partial charge on any atom is -0.497 e. The van der Waals surface area contributed by atoms with Crippen molar-refractivity contribution < 1.29 is 4.74 Å². The van der Waals surface area contributed by atoms with Gasteiger partial charge in [0.1, 0.15) is 5.75 Å². The van der Waals surface area contributed by atoms with Crippen molar-refractivity contribution in [2.75, 3.05) is 13.7 Å². The summed E-state index contributed by atoms with van der Waals surface area (Å²) in [5, 5.41) is 8.03. The number of hydrogen-bond acceptors (Lipinski definition) is 3. The van der Waals surface area contributed by atoms with E-state index in [9.17, 15) is 0 Å². The summed E-state index contributed by atoms with van der Waals surface area (Å²) in [6.07, 6.45) is 3.12. The van der Waals surface area contributed by atoms with Gasteiger partial charge in [0.05, 0.1) is 24.7 Å². The van der Waals surface area contributed by atoms with Gasteiger partial charge < -0.3 is 10.1 Å². The molecule has 1 heterocycles. The molecule has 1 aromatic carbocycles. The molecule has 0 spiro atoms. The van der Waals surface area contributed by atoms with Gasteiger partial charge in [-0.1, -0.05) is 20.8 Å². The summed E-state index contributed by atoms with van der Waals surface area (Å²) in [4.78, 5) is 0. The third-order valence-corrected chi connectivity index (χ3v) is 3.49. The van der Waals surface area contributed by atoms with E-state index in [0.717, 1.165) is 30.9 Å². The quantitative estimate of drug-likeness (QED) is 0.792. The van der Waals surface area contributed by atoms with Crippen LogP contribution in [0.1, 0.15) is 44.4 Å². The lowest BCUT2D eigenvalue weighted by molar-refractivity contribution is 0.414. The van der Waals surface area contributed by atoms with E-state index in [1.165, 1.54) is 11.3 Å². The van der Waals surface area contributed by atoms with E-state index in [0.29, 0.717) is 5.92 Å². The molecular formula is C17H25N3O. The first-order valence-corrected chi connectivity index (χ1v) is 7.59. The molecule has 0 bridgehead atoms. The molecule has 4 nitrogen and oxygen atoms in total. The van der Waals surface area contributed by atoms with Gasteiger partial charge in [0, 0.05) is 12.1 Å². The van der Waals surface area contributed by atoms with Gasteiger partial charge in [-0.05, 0) is 43.1 Å². The van der Waals surface area contributed by atoms with Gasteiger partial charge in [-0.3, -0.25) is 0 Å². The van der Waals surface area contributed by atoms with E-state index in [2.05, 4.69) is 31.2 Å². The predicted octanol–water partition coefficient (Wildman–Crippen LogP) is 3.50. The molecule has 0 radical (unpaired) electrons. The van der Waals surface area contributed by atoms with Crippen molar-refractivity contribution in [3.05, 3.63) is 41.7 Å². The number of benzene rings is 1. The maximum absolute atomic E-state index is 5.21. The van der Waals surface area contributed by atoms with E-state index in [4.69, 9.17) is 4.74 Å². The van der Waals surface area contributed by atoms with Gasteiger partial charge in [-0.15, -0.1) is 0 Å². The van der Waals surface area contributed by atoms with Crippen molar-refractivity contribution in [2.24, 2.45) is 0 Å². The van der Waals surface area contributed by atoms with Gasteiger partial charge in [0.25, 0.3) is 0 Å². The molecule has 0 amide bonds. The standard InChI is InChI=1S/C17H25N3O/c1-5-10-18-11-14-12-19-20(17(14)13(2)3)15-6-8-16(21-4)9-7-15/h6-9,12-13,18H,5,10-11H2,1-4H3. The molecule has 0 aliphatic carbocycles. The maximum Gasteiger partial charge on any atom is 0.119 e. The lowest BCUT2D eigenvalue weighted by Gasteiger charge is -2.13. The van der Waals surface area contributed by atoms with Crippen LogP contribution < -0.4 is 10.1 Å². The second-order valence-electron chi connectivity index (χ2n) is 5.50. The molecule has 0 aliphatic rings. The molecule has 1 aromatic heterocycles. The average molecular weight is 287 g/mol. The highest BCUT2D eigenvalue weighted by molar-refractivity contribution is 5.40. The van der Waals surface area contributed by atoms with Gasteiger partial charge in [0.15, 0.2) is 0 Å². The Morgan fingerprint density at radius 3 is 2.52 bits per heavy atom. The SMILES string of the molecule is CCCNCc1cnn(-c2ccc(OC)cc2)c1C(C)C. The number of hydrogen-bond donors (Lipinski definition) is 1. The zero-order valence-electron chi connectivity index (χ0n) is 13.4. The van der Waals surface area contributed by atoms with Gasteiger partial charge in [0.2, 0.25) is 0 Å². The number of methoxy groups -OCH3 is 1. The fourth-order valence-corrected chi connectivity index (χ4v) is 2.47. The van der Waals surface area contributed by atoms with Crippen molar-refractivity contribution in [1.29, 1.82) is 0 Å². The number of rotatable bonds is 7. The minimum absolute atomic E-state index is 0.424. The highest BCUT2D eigenvalue weighted by Gasteiger charge is 2.15. The molecule has 2 aromatic rings. The third-order valence-electron chi connectivity index (χ3n) is 3.49. The fourth-order valence-electron chi connectivity index (χ4n) is 2.47. The molecule has 0 fully saturated rings. The molecular weight excluding hydrogens is 262 g/mol. The summed E-state index contributed by atoms with van der Waals surface area (Å²) in [7, 11) is 1.68. The Balaban J connectivity index is 2.29. The molecule has 1 N–H and O–H groups in total. The third kappa shape index (κ3) is 3.64. The Hall–Kier alpha value is -1.81. The Morgan fingerprint density at radius 1 is 1.24 bits per heavy atom. The molecule has 114 valence electrons. The van der Waals surface area contributed by atoms with E-state index in [-0.39, 0.29) is 0 Å². The van der Waals surface area contributed by atoms with Gasteiger partial charge in [-0.25, -0.2) is 4.68 Å². The average Bonchev–Trinajstić information content (AvgIpc) is 2.92. The largest absolute Gasteiger partial charge is 0.497 e. The molecule has 2 rings (SSSR count). The summed E-state index contributed by atoms with van der Waals surface area (Å²) in [5.74, 6) is 1.29. The Morgan fingerprint density at radius 2 is 1.95 bits per heavy atom. The van der Waals surface area contributed by atoms with Crippen molar-refractivity contribution >= 4 is 0 Å². The Labute approximate surface area is 127 Å². The van der Waals surface area contributed by atoms with Crippen molar-refractivity contribution in [1.82, 2.24) is 15.1 Å². The lowest BCUT2D eigenvalue weighted by Crippen LogP contribution is -2.15. The number of ether oxygens (including phenoxy) is 1. The topological polar surface area (TPSA) is 39.1 Å². The molecule has 21 heavy (non-hydrogen) atoms. The first-order chi connectivity index (χ1) is 10.2. The molecule has 0 aliphatic heterocycles. The van der Waals surface area contributed by atoms with Gasteiger partial charge in [-0.2, -0.15) is 5.10 Å². The highest BCUT2D eigenvalue weighted by Crippen LogP contribution is 2.24. The zero-order chi connectivity index (χ0) is 15.2. The number of nitrogens with one attached hydrogen (secondary N) is 1. The highest BCUT2D eigenvalue weighted by atomic mass is 16.5. The van der Waals surface area contributed by atoms with E-state index in [1.807, 2.05) is 35.1 Å². The first-order valence-electron chi connectivity index (χ1n) is 7.59. The monoisotopic (exact) mass is 287 g/mol. The fraction of sp³-hybridized carbons (Fsp3) is 0.471. The molecule has 0 saturated carbocycles. The molecule has 4 heteroatoms. The van der Waals surface area contributed by atoms with E-state index >= 15 is 0 Å². The maximum atomic E-state index is 5.21. The van der Waals surface area contributed by atoms with E-state index < -0.39 is 0 Å². The first kappa shape index (κ1) is 15.6. The minimum atomic E-state index is 0.424. The van der Waals surface area contributed by atoms with Crippen LogP contribution in [0, 0.1) is 0 Å². The van der Waals surface area contributed by atoms with Crippen LogP contribution in [0.5, 0.6) is 5.75 Å². The Kier molecular flexibility index (Phi) is 5.39. The lowest BCUT2D eigenvalue weighted by atomic mass is 10.1. The van der Waals surface area contributed by atoms with Crippen LogP contribution in [0.3, 0.4) is 0 Å². The van der Waals surface area contributed by atoms with Crippen molar-refractivity contribution in [2.45, 2.75) is 39.7 Å². The van der Waals surface area contributed by atoms with Crippen LogP contribution in [0.25, 0.3) is 5.69 Å². The van der Waals surface area contributed by atoms with Gasteiger partial charge >= 0.3 is 0 Å². The van der Waals surface area contributed by atoms with E-state index in [1.54, 1.807) is 7.11 Å². The van der Waals surface area contributed by atoms with Crippen LogP contribution in [-0.4, -0.2) is 23.4 Å². The number of aromatic nitrogens is 2. The van der Waals surface area contributed by atoms with Crippen LogP contribution in [0.4, 0.5) is 0 Å². The summed E-state index contributed by atoms with van der Waals surface area (Å²) in [6, 6.07) is 8.02. The molecule has 0 atom stereocenters. The molecule has 0 saturated heterocycles. The zero-order valence-corrected chi connectivity index (χ0v) is 13.4. The smallest absolute Gasteiger partial charge is 0.119 e. The predicted molar refractivity (Wildman–Crippen MR) is 86.2 cm³/mol. The van der Waals surface area contributed by atoms with Crippen LogP contribution in [0.2, 0.25) is 0 Å². The second kappa shape index (κ2) is 7.27. The Bertz CT molecular complexity index is 558. The van der Waals surface area contributed by atoms with Crippen molar-refractivity contribution in [3.63, 3.8) is 0 Å². The van der Waals surface area contributed by atoms with Crippen LogP contribution in [-0.2, 0) is 6.54 Å². The summed E-state index contributed by atoms with van der Waals surface area (Å²) >= 11 is 0. The summed E-state index contributed by atoms with van der Waals surface area (Å²) in [6.45, 7) is 8.50. The summed E-state index contributed by atoms with van der Waals surface area (Å²) < 4.78 is 7.25. The normalized spacial score (nSPS) is 11.1. The van der Waals surface area contributed by atoms with Crippen LogP contribution in [0.15, 0.2) is 30.5 Å². The van der Waals surface area contributed by atoms with Crippen molar-refractivity contribution in [3.8, 4) is 11.4 Å². The van der Waals surface area contributed by atoms with Crippen LogP contribution >= 0.6 is 0 Å². The number of nitrogens with zero attached hydrogens (tertiary/aromatic N) is 2. The summed E-state index contributed by atoms with van der Waals surface area (Å²) in [5.41, 5.74) is 3.61. The second-order valence-corrected chi connectivity index (χ2v) is 5.50.